The highest BCUT2D eigenvalue weighted by Crippen LogP contribution is 2.23. The van der Waals surface area contributed by atoms with Gasteiger partial charge in [-0.25, -0.2) is 19.6 Å². The molecule has 2 aromatic heterocycles. The third kappa shape index (κ3) is 35.4. The lowest BCUT2D eigenvalue weighted by molar-refractivity contribution is -0.142. The number of nitrogens with zero attached hydrogens (tertiary/aromatic N) is 3. The number of carbonyl (C=O) groups excluding carboxylic acids is 10. The Balaban J connectivity index is 2.06. The van der Waals surface area contributed by atoms with Crippen molar-refractivity contribution >= 4 is 117 Å². The Morgan fingerprint density at radius 2 is 0.838 bits per heavy atom. The maximum absolute atomic E-state index is 14.8. The number of thioether (sulfide) groups is 1. The summed E-state index contributed by atoms with van der Waals surface area (Å²) in [5.41, 5.74) is 5.43. The van der Waals surface area contributed by atoms with Gasteiger partial charge in [-0.3, -0.25) is 67.3 Å². The smallest absolute Gasteiger partial charge is 0.327 e. The van der Waals surface area contributed by atoms with Crippen LogP contribution >= 0.6 is 11.8 Å². The van der Waals surface area contributed by atoms with E-state index in [4.69, 9.17) is 10.8 Å². The molecule has 0 radical (unpaired) electrons. The Kier molecular flexibility index (Phi) is 44.3. The van der Waals surface area contributed by atoms with E-state index in [1.165, 1.54) is 36.7 Å². The van der Waals surface area contributed by atoms with Crippen LogP contribution in [-0.2, 0) is 68.9 Å². The monoisotopic (exact) mass is 1690 g/mol. The summed E-state index contributed by atoms with van der Waals surface area (Å²) in [6.07, 6.45) is -34.9. The zero-order valence-corrected chi connectivity index (χ0v) is 63.9. The van der Waals surface area contributed by atoms with Crippen molar-refractivity contribution in [3.8, 4) is 0 Å². The van der Waals surface area contributed by atoms with E-state index in [9.17, 15) is 164 Å². The largest absolute Gasteiger partial charge is 0.481 e. The number of hydrogen-bond acceptors (Lipinski definition) is 36. The molecule has 0 aliphatic heterocycles. The first-order valence-corrected chi connectivity index (χ1v) is 37.8. The molecule has 19 atom stereocenters. The second-order valence-electron chi connectivity index (χ2n) is 27.3. The molecule has 30 N–H and O–H groups in total. The first kappa shape index (κ1) is 101. The summed E-state index contributed by atoms with van der Waals surface area (Å²) >= 11 is 0.954. The number of carbonyl (C=O) groups is 14. The Morgan fingerprint density at radius 3 is 1.21 bits per heavy atom. The maximum Gasteiger partial charge on any atom is 0.327 e. The first-order valence-electron chi connectivity index (χ1n) is 36.4. The minimum Gasteiger partial charge on any atom is -0.481 e. The average Bonchev–Trinajstić information content (AvgIpc) is 0.812. The number of aromatic amines is 1. The normalized spacial score (nSPS) is 16.4. The van der Waals surface area contributed by atoms with E-state index in [0.717, 1.165) is 11.8 Å². The number of ketones is 3. The second kappa shape index (κ2) is 51.2. The quantitative estimate of drug-likeness (QED) is 0.0249. The summed E-state index contributed by atoms with van der Waals surface area (Å²) in [4.78, 5) is 216. The number of benzene rings is 1. The molecule has 3 aromatic rings. The maximum atomic E-state index is 14.8. The number of nitrogen functional groups attached to an aromatic ring is 1. The van der Waals surface area contributed by atoms with Gasteiger partial charge in [0.15, 0.2) is 22.7 Å². The highest BCUT2D eigenvalue weighted by molar-refractivity contribution is 7.98. The van der Waals surface area contributed by atoms with Gasteiger partial charge in [0.2, 0.25) is 41.4 Å². The molecule has 654 valence electrons. The molecule has 0 bridgehead atoms. The highest BCUT2D eigenvalue weighted by atomic mass is 32.2. The molecule has 0 aliphatic rings. The summed E-state index contributed by atoms with van der Waals surface area (Å²) < 4.78 is 0. The lowest BCUT2D eigenvalue weighted by Crippen LogP contribution is -2.50. The number of aliphatic hydroxyl groups is 15. The van der Waals surface area contributed by atoms with Gasteiger partial charge >= 0.3 is 23.9 Å². The molecule has 117 heavy (non-hydrogen) atoms. The van der Waals surface area contributed by atoms with Crippen molar-refractivity contribution in [2.45, 2.75) is 200 Å². The van der Waals surface area contributed by atoms with Crippen molar-refractivity contribution in [2.24, 2.45) is 17.8 Å². The number of aromatic nitrogens is 4. The summed E-state index contributed by atoms with van der Waals surface area (Å²) in [7, 11) is 0. The van der Waals surface area contributed by atoms with Crippen LogP contribution in [0.25, 0.3) is 11.2 Å². The molecule has 7 amide bonds. The summed E-state index contributed by atoms with van der Waals surface area (Å²) in [5, 5.41) is 207. The number of nitrogens with one attached hydrogen (secondary N) is 9. The fourth-order valence-corrected chi connectivity index (χ4v) is 11.7. The van der Waals surface area contributed by atoms with E-state index in [-0.39, 0.29) is 35.0 Å². The van der Waals surface area contributed by atoms with Gasteiger partial charge in [-0.05, 0) is 69.0 Å². The molecule has 2 heterocycles. The third-order valence-corrected chi connectivity index (χ3v) is 18.9. The van der Waals surface area contributed by atoms with Gasteiger partial charge < -0.3 is 145 Å². The minimum absolute atomic E-state index is 0.0103. The molecule has 3 rings (SSSR count). The van der Waals surface area contributed by atoms with Crippen LogP contribution in [0.5, 0.6) is 0 Å². The third-order valence-electron chi connectivity index (χ3n) is 18.2. The van der Waals surface area contributed by atoms with Crippen LogP contribution < -0.4 is 53.8 Å². The Hall–Kier alpha value is -10.0. The van der Waals surface area contributed by atoms with Crippen LogP contribution in [0.3, 0.4) is 0 Å². The van der Waals surface area contributed by atoms with Gasteiger partial charge in [0.1, 0.15) is 72.8 Å². The molecule has 0 saturated heterocycles. The summed E-state index contributed by atoms with van der Waals surface area (Å²) in [5.74, 6) is -23.8. The lowest BCUT2D eigenvalue weighted by Gasteiger charge is -2.26. The van der Waals surface area contributed by atoms with Crippen molar-refractivity contribution in [1.82, 2.24) is 57.2 Å². The van der Waals surface area contributed by atoms with Crippen LogP contribution in [-0.4, -0.2) is 348 Å². The molecule has 0 spiro atoms. The number of aliphatic carboxylic acids is 4. The van der Waals surface area contributed by atoms with E-state index >= 15 is 0 Å². The number of carboxylic acids is 4. The average molecular weight is 1690 g/mol. The fourth-order valence-electron chi connectivity index (χ4n) is 11.2. The zero-order valence-electron chi connectivity index (χ0n) is 63.1. The van der Waals surface area contributed by atoms with Crippen LogP contribution in [0.1, 0.15) is 112 Å². The molecule has 47 nitrogen and oxygen atoms in total. The van der Waals surface area contributed by atoms with Crippen molar-refractivity contribution in [3.63, 3.8) is 0 Å². The number of rotatable bonds is 59. The Labute approximate surface area is 668 Å². The molecule has 0 aliphatic carbocycles. The van der Waals surface area contributed by atoms with Crippen LogP contribution in [0, 0.1) is 17.8 Å². The second-order valence-corrected chi connectivity index (χ2v) is 28.2. The molecular weight excluding hydrogens is 1590 g/mol. The van der Waals surface area contributed by atoms with E-state index in [1.54, 1.807) is 0 Å². The predicted molar refractivity (Wildman–Crippen MR) is 399 cm³/mol. The predicted octanol–water partition coefficient (Wildman–Crippen LogP) is -10.8. The molecule has 1 aromatic carbocycles. The van der Waals surface area contributed by atoms with Gasteiger partial charge in [0.05, 0.1) is 68.7 Å². The van der Waals surface area contributed by atoms with E-state index < -0.39 is 339 Å². The zero-order chi connectivity index (χ0) is 88.1. The van der Waals surface area contributed by atoms with E-state index in [2.05, 4.69) is 62.5 Å². The number of amides is 7. The van der Waals surface area contributed by atoms with Crippen molar-refractivity contribution < 1.29 is 164 Å². The van der Waals surface area contributed by atoms with Crippen LogP contribution in [0.4, 0.5) is 11.6 Å². The van der Waals surface area contributed by atoms with Gasteiger partial charge in [-0.1, -0.05) is 0 Å². The SMILES string of the molecule is CSC[C@@H](NC(=O)[C@H](CCC(=O)NC[C@H](O)[C@@H](O)[C@H](O)[C@H](O)CO)CC(=O)[C@@H](CCC(=O)O)NC(=O)[C@H](CCC(=O)NC[C@H](O)[C@@H](O)[C@H](O)[C@H](O)CO)CC(=O)[C@@H](CCC(=O)O)NC(=O)[C@H](CCC(=O)NC[C@H](O)[C@@H](O)[C@H](O)[C@H](O)CO)CC(=O)CC[C@@H](NC(=O)c1ccc(NCc2cnc3nc(N)[nH]c(=O)c3n2)cc1)C(=O)O)C(=O)O. The molecule has 0 saturated carbocycles. The number of nitrogens with two attached hydrogens (primary N) is 1. The number of carboxylic acid groups (broad SMARTS) is 4. The topological polar surface area (TPSA) is 817 Å². The van der Waals surface area contributed by atoms with Crippen LogP contribution in [0.15, 0.2) is 35.3 Å². The number of hydrogen-bond donors (Lipinski definition) is 29. The van der Waals surface area contributed by atoms with Crippen molar-refractivity contribution in [3.05, 3.63) is 52.1 Å². The van der Waals surface area contributed by atoms with Gasteiger partial charge in [-0.15, -0.1) is 0 Å². The number of fused-ring (bicyclic) bond motifs is 1. The number of Topliss-reactive ketones (excluding diaryl/α,β-unsaturated/α-hetero) is 3. The number of H-pyrrole nitrogens is 1. The highest BCUT2D eigenvalue weighted by Gasteiger charge is 2.38. The first-order chi connectivity index (χ1) is 55.0. The number of aliphatic hydroxyl groups excluding tert-OH is 15. The Morgan fingerprint density at radius 1 is 0.462 bits per heavy atom. The van der Waals surface area contributed by atoms with Gasteiger partial charge in [-0.2, -0.15) is 16.7 Å². The van der Waals surface area contributed by atoms with Gasteiger partial charge in [0, 0.05) is 112 Å². The molecular formula is C69H103N13O34S. The fraction of sp³-hybridized carbons (Fsp3) is 0.623. The summed E-state index contributed by atoms with van der Waals surface area (Å²) in [6.45, 7) is -5.80. The molecule has 0 fully saturated rings. The molecule has 0 unspecified atom stereocenters. The standard InChI is InChI=1S/C69H103N13O34S/c1-117-29-40(68(115)116)80-65(111)33(6-15-51(97)74-25-45(91)57(104)60(107)48(94)28-85)20-42(88)38(12-17-53(100)101)78-64(110)32(5-14-50(96)73-24-44(90)56(103)59(106)47(93)27-84)19-41(87)37(11-16-52(98)99)77-63(109)31(4-13-49(95)72-23-43(89)55(102)58(105)46(92)26-83)18-36(86)9-10-39(67(113)114)79-62(108)30-2-7-34(8-3-30)71-21-35-22-75-61-54(76-35)66(112)82-69(70)81-61/h2-3,7-8,22,31-33,37-40,43-48,55-60,71,83-85,89-94,102-107H,4-6,9-21,23-29H2,1H3,(H,72,95)(H,73,96)(H,74,97)(H,77,109)(H,78,110)(H,79,108)(H,80,111)(H,98,99)(H,100,101)(H,113,114)(H,115,116)(H3,70,75,81,82,112)/t31-,32-,33-,37-,38-,39-,40-,43+,44+,45+,46-,47-,48-,55-,56-,57-,58-,59-,60-/m1/s1. The Bertz CT molecular complexity index is 3890. The number of anilines is 2. The van der Waals surface area contributed by atoms with E-state index in [1.807, 2.05) is 0 Å². The lowest BCUT2D eigenvalue weighted by atomic mass is 9.89. The summed E-state index contributed by atoms with van der Waals surface area (Å²) in [6, 6.07) is -2.04. The van der Waals surface area contributed by atoms with Crippen molar-refractivity contribution in [2.75, 3.05) is 62.5 Å². The van der Waals surface area contributed by atoms with Gasteiger partial charge in [0.25, 0.3) is 11.5 Å². The molecule has 48 heteroatoms. The van der Waals surface area contributed by atoms with Crippen LogP contribution in [0.2, 0.25) is 0 Å². The van der Waals surface area contributed by atoms with E-state index in [0.29, 0.717) is 11.4 Å². The minimum atomic E-state index is -2.22. The van der Waals surface area contributed by atoms with Crippen molar-refractivity contribution in [1.29, 1.82) is 0 Å².